The topological polar surface area (TPSA) is 23.6 Å². The number of benzene rings is 1. The summed E-state index contributed by atoms with van der Waals surface area (Å²) in [7, 11) is 0. The molecule has 0 aromatic heterocycles. The van der Waals surface area contributed by atoms with E-state index in [1.165, 1.54) is 18.6 Å². The molecule has 2 aliphatic heterocycles. The third kappa shape index (κ3) is 4.09. The summed E-state index contributed by atoms with van der Waals surface area (Å²) in [6.07, 6.45) is -0.170. The predicted molar refractivity (Wildman–Crippen MR) is 85.3 cm³/mol. The zero-order valence-corrected chi connectivity index (χ0v) is 13.7. The van der Waals surface area contributed by atoms with Crippen LogP contribution >= 0.6 is 0 Å². The Bertz CT molecular complexity index is 582. The van der Waals surface area contributed by atoms with E-state index in [1.54, 1.807) is 6.07 Å². The number of carbonyl (C=O) groups is 1. The van der Waals surface area contributed by atoms with E-state index < -0.39 is 11.7 Å². The van der Waals surface area contributed by atoms with Gasteiger partial charge in [0.05, 0.1) is 11.5 Å². The molecule has 2 fully saturated rings. The number of hydrogen-bond acceptors (Lipinski definition) is 2. The third-order valence-electron chi connectivity index (χ3n) is 4.95. The Morgan fingerprint density at radius 2 is 1.88 bits per heavy atom. The van der Waals surface area contributed by atoms with E-state index in [9.17, 15) is 18.0 Å². The summed E-state index contributed by atoms with van der Waals surface area (Å²) >= 11 is 0. The molecule has 3 nitrogen and oxygen atoms in total. The van der Waals surface area contributed by atoms with Crippen molar-refractivity contribution in [1.29, 1.82) is 0 Å². The summed E-state index contributed by atoms with van der Waals surface area (Å²) < 4.78 is 38.4. The lowest BCUT2D eigenvalue weighted by Gasteiger charge is -2.29. The summed E-state index contributed by atoms with van der Waals surface area (Å²) in [5.41, 5.74) is 0.0380. The van der Waals surface area contributed by atoms with Crippen LogP contribution in [-0.2, 0) is 17.5 Å². The van der Waals surface area contributed by atoms with E-state index in [4.69, 9.17) is 0 Å². The van der Waals surface area contributed by atoms with Crippen LogP contribution in [0.25, 0.3) is 0 Å². The van der Waals surface area contributed by atoms with Gasteiger partial charge in [0, 0.05) is 26.2 Å². The van der Waals surface area contributed by atoms with Gasteiger partial charge >= 0.3 is 6.18 Å². The highest BCUT2D eigenvalue weighted by Gasteiger charge is 2.33. The van der Waals surface area contributed by atoms with Crippen LogP contribution in [0.4, 0.5) is 13.2 Å². The van der Waals surface area contributed by atoms with Gasteiger partial charge in [-0.15, -0.1) is 0 Å². The molecule has 0 saturated carbocycles. The van der Waals surface area contributed by atoms with E-state index in [2.05, 4.69) is 4.90 Å². The molecular formula is C18H23F3N2O. The van der Waals surface area contributed by atoms with E-state index in [0.29, 0.717) is 18.7 Å². The maximum Gasteiger partial charge on any atom is 0.416 e. The third-order valence-corrected chi connectivity index (χ3v) is 4.95. The quantitative estimate of drug-likeness (QED) is 0.840. The van der Waals surface area contributed by atoms with Gasteiger partial charge in [-0.25, -0.2) is 0 Å². The van der Waals surface area contributed by atoms with Crippen molar-refractivity contribution in [2.45, 2.75) is 38.4 Å². The highest BCUT2D eigenvalue weighted by atomic mass is 19.4. The maximum absolute atomic E-state index is 12.8. The van der Waals surface area contributed by atoms with Crippen molar-refractivity contribution < 1.29 is 18.0 Å². The first-order chi connectivity index (χ1) is 11.4. The van der Waals surface area contributed by atoms with E-state index in [1.807, 2.05) is 4.90 Å². The zero-order valence-electron chi connectivity index (χ0n) is 13.7. The van der Waals surface area contributed by atoms with E-state index >= 15 is 0 Å². The standard InChI is InChI=1S/C18H23F3N2O/c19-18(20,21)16-6-4-5-14(11-16)12-22-10-7-15(13-22)17(24)23-8-2-1-3-9-23/h4-6,11,15H,1-3,7-10,12-13H2. The number of alkyl halides is 3. The summed E-state index contributed by atoms with van der Waals surface area (Å²) in [5.74, 6) is 0.218. The maximum atomic E-state index is 12.8. The molecule has 3 rings (SSSR count). The number of nitrogens with zero attached hydrogens (tertiary/aromatic N) is 2. The SMILES string of the molecule is O=C(C1CCN(Cc2cccc(C(F)(F)F)c2)C1)N1CCCCC1. The number of rotatable bonds is 3. The number of carbonyl (C=O) groups excluding carboxylic acids is 1. The molecule has 0 bridgehead atoms. The Kier molecular flexibility index (Phi) is 5.13. The van der Waals surface area contributed by atoms with Crippen molar-refractivity contribution in [2.75, 3.05) is 26.2 Å². The molecule has 0 aliphatic carbocycles. The number of amides is 1. The lowest BCUT2D eigenvalue weighted by molar-refractivity contribution is -0.137. The van der Waals surface area contributed by atoms with Crippen molar-refractivity contribution in [3.8, 4) is 0 Å². The first-order valence-corrected chi connectivity index (χ1v) is 8.61. The summed E-state index contributed by atoms with van der Waals surface area (Å²) in [6, 6.07) is 5.47. The minimum atomic E-state index is -4.31. The van der Waals surface area contributed by atoms with Gasteiger partial charge in [0.2, 0.25) is 5.91 Å². The molecule has 1 atom stereocenters. The number of likely N-dealkylation sites (tertiary alicyclic amines) is 2. The molecule has 1 amide bonds. The van der Waals surface area contributed by atoms with Crippen LogP contribution < -0.4 is 0 Å². The molecule has 0 radical (unpaired) electrons. The molecule has 1 unspecified atom stereocenters. The van der Waals surface area contributed by atoms with Crippen molar-refractivity contribution in [1.82, 2.24) is 9.80 Å². The minimum absolute atomic E-state index is 0.00565. The first-order valence-electron chi connectivity index (χ1n) is 8.61. The zero-order chi connectivity index (χ0) is 17.2. The number of halogens is 3. The highest BCUT2D eigenvalue weighted by molar-refractivity contribution is 5.79. The second kappa shape index (κ2) is 7.13. The first kappa shape index (κ1) is 17.3. The second-order valence-electron chi connectivity index (χ2n) is 6.80. The Morgan fingerprint density at radius 3 is 2.58 bits per heavy atom. The number of hydrogen-bond donors (Lipinski definition) is 0. The molecule has 6 heteroatoms. The van der Waals surface area contributed by atoms with Crippen LogP contribution in [0, 0.1) is 5.92 Å². The molecule has 2 saturated heterocycles. The molecule has 132 valence electrons. The molecular weight excluding hydrogens is 317 g/mol. The second-order valence-corrected chi connectivity index (χ2v) is 6.80. The summed E-state index contributed by atoms with van der Waals surface area (Å²) in [5, 5.41) is 0. The van der Waals surface area contributed by atoms with Crippen molar-refractivity contribution in [3.05, 3.63) is 35.4 Å². The van der Waals surface area contributed by atoms with Gasteiger partial charge < -0.3 is 4.90 Å². The largest absolute Gasteiger partial charge is 0.416 e. The van der Waals surface area contributed by atoms with Crippen LogP contribution in [0.1, 0.15) is 36.8 Å². The van der Waals surface area contributed by atoms with Gasteiger partial charge in [-0.05, 0) is 43.9 Å². The van der Waals surface area contributed by atoms with E-state index in [-0.39, 0.29) is 11.8 Å². The molecule has 2 aliphatic rings. The fourth-order valence-electron chi connectivity index (χ4n) is 3.65. The molecule has 1 aromatic rings. The summed E-state index contributed by atoms with van der Waals surface area (Å²) in [6.45, 7) is 3.58. The van der Waals surface area contributed by atoms with Crippen LogP contribution in [0.5, 0.6) is 0 Å². The number of piperidine rings is 1. The van der Waals surface area contributed by atoms with Gasteiger partial charge in [-0.1, -0.05) is 18.2 Å². The smallest absolute Gasteiger partial charge is 0.342 e. The molecule has 24 heavy (non-hydrogen) atoms. The van der Waals surface area contributed by atoms with Gasteiger partial charge in [0.15, 0.2) is 0 Å². The Hall–Kier alpha value is -1.56. The fourth-order valence-corrected chi connectivity index (χ4v) is 3.65. The molecule has 2 heterocycles. The molecule has 0 spiro atoms. The van der Waals surface area contributed by atoms with Crippen molar-refractivity contribution in [2.24, 2.45) is 5.92 Å². The van der Waals surface area contributed by atoms with E-state index in [0.717, 1.165) is 45.0 Å². The molecule has 0 N–H and O–H groups in total. The van der Waals surface area contributed by atoms with Gasteiger partial charge in [0.1, 0.15) is 0 Å². The van der Waals surface area contributed by atoms with Crippen molar-refractivity contribution >= 4 is 5.91 Å². The monoisotopic (exact) mass is 340 g/mol. The lowest BCUT2D eigenvalue weighted by atomic mass is 10.0. The average molecular weight is 340 g/mol. The van der Waals surface area contributed by atoms with Crippen LogP contribution in [0.15, 0.2) is 24.3 Å². The Balaban J connectivity index is 1.57. The van der Waals surface area contributed by atoms with Crippen LogP contribution in [0.3, 0.4) is 0 Å². The normalized spacial score (nSPS) is 22.8. The minimum Gasteiger partial charge on any atom is -0.342 e. The van der Waals surface area contributed by atoms with Gasteiger partial charge in [-0.3, -0.25) is 9.69 Å². The fraction of sp³-hybridized carbons (Fsp3) is 0.611. The van der Waals surface area contributed by atoms with Gasteiger partial charge in [-0.2, -0.15) is 13.2 Å². The van der Waals surface area contributed by atoms with Gasteiger partial charge in [0.25, 0.3) is 0 Å². The lowest BCUT2D eigenvalue weighted by Crippen LogP contribution is -2.40. The Morgan fingerprint density at radius 1 is 1.12 bits per heavy atom. The predicted octanol–water partition coefficient (Wildman–Crippen LogP) is 3.54. The molecule has 1 aromatic carbocycles. The van der Waals surface area contributed by atoms with Crippen LogP contribution in [0.2, 0.25) is 0 Å². The van der Waals surface area contributed by atoms with Crippen molar-refractivity contribution in [3.63, 3.8) is 0 Å². The summed E-state index contributed by atoms with van der Waals surface area (Å²) in [4.78, 5) is 16.6. The average Bonchev–Trinajstić information content (AvgIpc) is 3.03. The highest BCUT2D eigenvalue weighted by Crippen LogP contribution is 2.30. The van der Waals surface area contributed by atoms with Crippen LogP contribution in [-0.4, -0.2) is 41.9 Å². The Labute approximate surface area is 140 Å².